The van der Waals surface area contributed by atoms with Crippen LogP contribution in [-0.2, 0) is 9.59 Å². The van der Waals surface area contributed by atoms with E-state index in [0.29, 0.717) is 11.6 Å². The number of hydrogen-bond acceptors (Lipinski definition) is 4. The van der Waals surface area contributed by atoms with Crippen molar-refractivity contribution >= 4 is 23.5 Å². The highest BCUT2D eigenvalue weighted by atomic mass is 35.5. The maximum Gasteiger partial charge on any atom is 0.414 e. The Morgan fingerprint density at radius 1 is 1.23 bits per heavy atom. The van der Waals surface area contributed by atoms with E-state index in [4.69, 9.17) is 36.1 Å². The number of aryl methyl sites for hydroxylation is 1. The predicted octanol–water partition coefficient (Wildman–Crippen LogP) is 2.57. The predicted molar refractivity (Wildman–Crippen MR) is 84.7 cm³/mol. The molecule has 0 heterocycles. The molecule has 0 spiro atoms. The summed E-state index contributed by atoms with van der Waals surface area (Å²) in [6.45, 7) is 9.84. The Bertz CT molecular complexity index is 499. The van der Waals surface area contributed by atoms with Crippen LogP contribution in [0.4, 0.5) is 0 Å². The zero-order valence-electron chi connectivity index (χ0n) is 13.1. The van der Waals surface area contributed by atoms with Crippen molar-refractivity contribution in [3.05, 3.63) is 28.8 Å². The van der Waals surface area contributed by atoms with Crippen LogP contribution in [0.1, 0.15) is 26.3 Å². The van der Waals surface area contributed by atoms with Crippen molar-refractivity contribution < 1.29 is 24.5 Å². The lowest BCUT2D eigenvalue weighted by molar-refractivity contribution is -0.159. The lowest BCUT2D eigenvalue weighted by Crippen LogP contribution is -2.38. The van der Waals surface area contributed by atoms with Gasteiger partial charge in [-0.15, -0.1) is 0 Å². The van der Waals surface area contributed by atoms with E-state index in [-0.39, 0.29) is 5.54 Å². The summed E-state index contributed by atoms with van der Waals surface area (Å²) in [6, 6.07) is 5.82. The Morgan fingerprint density at radius 3 is 2.18 bits per heavy atom. The second-order valence-corrected chi connectivity index (χ2v) is 5.98. The number of carboxylic acids is 2. The minimum Gasteiger partial charge on any atom is -0.491 e. The van der Waals surface area contributed by atoms with Gasteiger partial charge in [-0.25, -0.2) is 9.59 Å². The van der Waals surface area contributed by atoms with Gasteiger partial charge in [-0.1, -0.05) is 17.7 Å². The molecule has 7 heteroatoms. The van der Waals surface area contributed by atoms with Crippen LogP contribution in [0.3, 0.4) is 0 Å². The van der Waals surface area contributed by atoms with Crippen molar-refractivity contribution in [2.45, 2.75) is 33.2 Å². The number of carbonyl (C=O) groups is 2. The molecular weight excluding hydrogens is 310 g/mol. The summed E-state index contributed by atoms with van der Waals surface area (Å²) in [4.78, 5) is 18.2. The molecule has 0 unspecified atom stereocenters. The fourth-order valence-corrected chi connectivity index (χ4v) is 1.60. The summed E-state index contributed by atoms with van der Waals surface area (Å²) < 4.78 is 5.59. The van der Waals surface area contributed by atoms with Crippen LogP contribution in [0.25, 0.3) is 0 Å². The molecule has 124 valence electrons. The fourth-order valence-electron chi connectivity index (χ4n) is 1.31. The molecule has 6 nitrogen and oxygen atoms in total. The molecule has 0 bridgehead atoms. The van der Waals surface area contributed by atoms with E-state index in [0.717, 1.165) is 17.9 Å². The molecular formula is C15H22ClNO5. The first-order valence-corrected chi connectivity index (χ1v) is 7.01. The molecule has 0 amide bonds. The first-order chi connectivity index (χ1) is 10.0. The minimum absolute atomic E-state index is 0.125. The highest BCUT2D eigenvalue weighted by molar-refractivity contribution is 6.32. The van der Waals surface area contributed by atoms with Gasteiger partial charge in [0, 0.05) is 12.1 Å². The van der Waals surface area contributed by atoms with Crippen molar-refractivity contribution in [1.29, 1.82) is 0 Å². The molecule has 0 aliphatic carbocycles. The standard InChI is InChI=1S/C13H20ClNO.C2H2O4/c1-10-5-6-12(11(14)9-10)16-8-7-15-13(2,3)4;3-1(4)2(5)6/h5-6,9,15H,7-8H2,1-4H3;(H,3,4)(H,5,6). The Kier molecular flexibility index (Phi) is 8.52. The molecule has 0 aromatic heterocycles. The summed E-state index contributed by atoms with van der Waals surface area (Å²) in [5.41, 5.74) is 1.27. The van der Waals surface area contributed by atoms with E-state index in [9.17, 15) is 0 Å². The Labute approximate surface area is 135 Å². The number of carboxylic acid groups (broad SMARTS) is 2. The van der Waals surface area contributed by atoms with Crippen LogP contribution < -0.4 is 10.1 Å². The van der Waals surface area contributed by atoms with E-state index < -0.39 is 11.9 Å². The molecule has 3 N–H and O–H groups in total. The number of ether oxygens (including phenoxy) is 1. The maximum atomic E-state index is 9.10. The lowest BCUT2D eigenvalue weighted by Gasteiger charge is -2.20. The second-order valence-electron chi connectivity index (χ2n) is 5.57. The van der Waals surface area contributed by atoms with Crippen molar-refractivity contribution in [2.75, 3.05) is 13.2 Å². The van der Waals surface area contributed by atoms with Gasteiger partial charge >= 0.3 is 11.9 Å². The highest BCUT2D eigenvalue weighted by Gasteiger charge is 2.08. The largest absolute Gasteiger partial charge is 0.491 e. The summed E-state index contributed by atoms with van der Waals surface area (Å²) >= 11 is 6.05. The van der Waals surface area contributed by atoms with Crippen molar-refractivity contribution in [3.63, 3.8) is 0 Å². The molecule has 22 heavy (non-hydrogen) atoms. The monoisotopic (exact) mass is 331 g/mol. The molecule has 0 radical (unpaired) electrons. The van der Waals surface area contributed by atoms with E-state index in [1.807, 2.05) is 25.1 Å². The molecule has 1 rings (SSSR count). The number of halogens is 1. The Morgan fingerprint density at radius 2 is 1.77 bits per heavy atom. The van der Waals surface area contributed by atoms with Gasteiger partial charge in [-0.2, -0.15) is 0 Å². The van der Waals surface area contributed by atoms with Crippen molar-refractivity contribution in [1.82, 2.24) is 5.32 Å². The van der Waals surface area contributed by atoms with E-state index >= 15 is 0 Å². The first-order valence-electron chi connectivity index (χ1n) is 6.63. The van der Waals surface area contributed by atoms with E-state index in [1.54, 1.807) is 0 Å². The van der Waals surface area contributed by atoms with Gasteiger partial charge in [0.05, 0.1) is 5.02 Å². The molecule has 0 aliphatic rings. The second kappa shape index (κ2) is 9.27. The molecule has 1 aromatic carbocycles. The molecule has 0 fully saturated rings. The normalized spacial score (nSPS) is 10.4. The fraction of sp³-hybridized carbons (Fsp3) is 0.467. The maximum absolute atomic E-state index is 9.10. The van der Waals surface area contributed by atoms with Crippen LogP contribution >= 0.6 is 11.6 Å². The summed E-state index contributed by atoms with van der Waals surface area (Å²) in [6.07, 6.45) is 0. The zero-order valence-corrected chi connectivity index (χ0v) is 13.9. The zero-order chi connectivity index (χ0) is 17.3. The Balaban J connectivity index is 0.000000626. The van der Waals surface area contributed by atoms with Crippen molar-refractivity contribution in [2.24, 2.45) is 0 Å². The van der Waals surface area contributed by atoms with Gasteiger partial charge in [-0.05, 0) is 45.4 Å². The van der Waals surface area contributed by atoms with Crippen LogP contribution in [0.5, 0.6) is 5.75 Å². The first kappa shape index (κ1) is 20.2. The summed E-state index contributed by atoms with van der Waals surface area (Å²) in [5, 5.41) is 18.8. The van der Waals surface area contributed by atoms with Gasteiger partial charge in [0.15, 0.2) is 0 Å². The van der Waals surface area contributed by atoms with Gasteiger partial charge in [0.1, 0.15) is 12.4 Å². The third kappa shape index (κ3) is 10.0. The van der Waals surface area contributed by atoms with Crippen LogP contribution in [-0.4, -0.2) is 40.8 Å². The molecule has 0 atom stereocenters. The average molecular weight is 332 g/mol. The van der Waals surface area contributed by atoms with Gasteiger partial charge in [0.25, 0.3) is 0 Å². The smallest absolute Gasteiger partial charge is 0.414 e. The summed E-state index contributed by atoms with van der Waals surface area (Å²) in [5.74, 6) is -2.90. The topological polar surface area (TPSA) is 95.9 Å². The van der Waals surface area contributed by atoms with Gasteiger partial charge < -0.3 is 20.3 Å². The molecule has 0 saturated carbocycles. The number of aliphatic carboxylic acids is 2. The minimum atomic E-state index is -1.82. The lowest BCUT2D eigenvalue weighted by atomic mass is 10.1. The van der Waals surface area contributed by atoms with Crippen LogP contribution in [0.2, 0.25) is 5.02 Å². The number of hydrogen-bond donors (Lipinski definition) is 3. The van der Waals surface area contributed by atoms with Crippen LogP contribution in [0.15, 0.2) is 18.2 Å². The van der Waals surface area contributed by atoms with Gasteiger partial charge in [0.2, 0.25) is 0 Å². The number of nitrogens with one attached hydrogen (secondary N) is 1. The third-order valence-electron chi connectivity index (χ3n) is 2.29. The van der Waals surface area contributed by atoms with Crippen LogP contribution in [0, 0.1) is 6.92 Å². The third-order valence-corrected chi connectivity index (χ3v) is 2.58. The number of benzene rings is 1. The van der Waals surface area contributed by atoms with E-state index in [2.05, 4.69) is 26.1 Å². The van der Waals surface area contributed by atoms with E-state index in [1.165, 1.54) is 0 Å². The average Bonchev–Trinajstić information content (AvgIpc) is 2.36. The molecule has 1 aromatic rings. The quantitative estimate of drug-likeness (QED) is 0.579. The molecule has 0 aliphatic heterocycles. The summed E-state index contributed by atoms with van der Waals surface area (Å²) in [7, 11) is 0. The number of rotatable bonds is 4. The Hall–Kier alpha value is -1.79. The van der Waals surface area contributed by atoms with Gasteiger partial charge in [-0.3, -0.25) is 0 Å². The highest BCUT2D eigenvalue weighted by Crippen LogP contribution is 2.24. The molecule has 0 saturated heterocycles. The van der Waals surface area contributed by atoms with Crippen molar-refractivity contribution in [3.8, 4) is 5.75 Å². The SMILES string of the molecule is Cc1ccc(OCCNC(C)(C)C)c(Cl)c1.O=C(O)C(=O)O.